The summed E-state index contributed by atoms with van der Waals surface area (Å²) in [6.07, 6.45) is 8.30. The minimum Gasteiger partial charge on any atom is -0.323 e. The van der Waals surface area contributed by atoms with E-state index in [2.05, 4.69) is 50.5 Å². The van der Waals surface area contributed by atoms with Crippen molar-refractivity contribution in [1.29, 1.82) is 0 Å². The van der Waals surface area contributed by atoms with E-state index in [1.165, 1.54) is 30.5 Å². The normalized spacial score (nSPS) is 19.5. The van der Waals surface area contributed by atoms with E-state index in [0.717, 1.165) is 30.4 Å². The van der Waals surface area contributed by atoms with Gasteiger partial charge in [0.25, 0.3) is 0 Å². The van der Waals surface area contributed by atoms with Crippen molar-refractivity contribution in [2.24, 2.45) is 5.92 Å². The van der Waals surface area contributed by atoms with Crippen molar-refractivity contribution in [3.8, 4) is 0 Å². The van der Waals surface area contributed by atoms with Gasteiger partial charge < -0.3 is 5.32 Å². The zero-order valence-corrected chi connectivity index (χ0v) is 15.3. The third kappa shape index (κ3) is 3.69. The van der Waals surface area contributed by atoms with Crippen LogP contribution in [0.25, 0.3) is 0 Å². The fraction of sp³-hybridized carbons (Fsp3) is 0.318. The molecule has 1 atom stereocenters. The van der Waals surface area contributed by atoms with E-state index in [1.807, 2.05) is 18.3 Å². The molecular formula is C22H23N5. The van der Waals surface area contributed by atoms with Gasteiger partial charge >= 0.3 is 0 Å². The largest absolute Gasteiger partial charge is 0.323 e. The lowest BCUT2D eigenvalue weighted by Crippen LogP contribution is -2.36. The SMILES string of the molecule is c1ccc([C@H]2CN(CC3CC3)Cc3cnc(Nc4cccnc4)nc32)cc1. The molecule has 1 aliphatic heterocycles. The lowest BCUT2D eigenvalue weighted by Gasteiger charge is -2.34. The molecule has 1 N–H and O–H groups in total. The zero-order valence-electron chi connectivity index (χ0n) is 15.3. The van der Waals surface area contributed by atoms with Gasteiger partial charge in [-0.25, -0.2) is 9.97 Å². The van der Waals surface area contributed by atoms with Gasteiger partial charge in [-0.1, -0.05) is 30.3 Å². The maximum atomic E-state index is 4.92. The Balaban J connectivity index is 1.48. The highest BCUT2D eigenvalue weighted by atomic mass is 15.2. The van der Waals surface area contributed by atoms with Gasteiger partial charge in [-0.05, 0) is 36.5 Å². The molecule has 1 aliphatic carbocycles. The van der Waals surface area contributed by atoms with E-state index in [0.29, 0.717) is 5.95 Å². The number of pyridine rings is 1. The van der Waals surface area contributed by atoms with Gasteiger partial charge in [0.15, 0.2) is 0 Å². The van der Waals surface area contributed by atoms with E-state index in [9.17, 15) is 0 Å². The highest BCUT2D eigenvalue weighted by Gasteiger charge is 2.32. The van der Waals surface area contributed by atoms with Crippen LogP contribution < -0.4 is 5.32 Å². The Morgan fingerprint density at radius 2 is 1.93 bits per heavy atom. The topological polar surface area (TPSA) is 53.9 Å². The number of benzene rings is 1. The molecule has 0 amide bonds. The summed E-state index contributed by atoms with van der Waals surface area (Å²) >= 11 is 0. The fourth-order valence-corrected chi connectivity index (χ4v) is 3.87. The number of nitrogens with one attached hydrogen (secondary N) is 1. The maximum absolute atomic E-state index is 4.92. The summed E-state index contributed by atoms with van der Waals surface area (Å²) in [6.45, 7) is 3.16. The average Bonchev–Trinajstić information content (AvgIpc) is 3.53. The highest BCUT2D eigenvalue weighted by molar-refractivity contribution is 5.52. The minimum atomic E-state index is 0.283. The van der Waals surface area contributed by atoms with Crippen LogP contribution in [0.1, 0.15) is 35.6 Å². The van der Waals surface area contributed by atoms with Crippen molar-refractivity contribution in [3.05, 3.63) is 77.9 Å². The molecule has 0 saturated heterocycles. The Labute approximate surface area is 159 Å². The number of nitrogens with zero attached hydrogens (tertiary/aromatic N) is 4. The van der Waals surface area contributed by atoms with Crippen LogP contribution in [-0.4, -0.2) is 32.9 Å². The summed E-state index contributed by atoms with van der Waals surface area (Å²) in [5, 5.41) is 3.28. The first-order valence-electron chi connectivity index (χ1n) is 9.65. The van der Waals surface area contributed by atoms with E-state index in [4.69, 9.17) is 4.98 Å². The van der Waals surface area contributed by atoms with Gasteiger partial charge in [0, 0.05) is 43.5 Å². The molecular weight excluding hydrogens is 334 g/mol. The Morgan fingerprint density at radius 1 is 1.04 bits per heavy atom. The van der Waals surface area contributed by atoms with Crippen LogP contribution in [-0.2, 0) is 6.54 Å². The standard InChI is InChI=1S/C22H23N5/c1-2-5-17(6-3-1)20-15-27(13-16-8-9-16)14-18-11-24-22(26-21(18)20)25-19-7-4-10-23-12-19/h1-7,10-12,16,20H,8-9,13-15H2,(H,24,25,26)/t20-/m1/s1. The molecule has 1 saturated carbocycles. The van der Waals surface area contributed by atoms with Crippen molar-refractivity contribution in [2.75, 3.05) is 18.4 Å². The van der Waals surface area contributed by atoms with E-state index in [-0.39, 0.29) is 5.92 Å². The number of rotatable bonds is 5. The van der Waals surface area contributed by atoms with Crippen LogP contribution in [0.5, 0.6) is 0 Å². The third-order valence-corrected chi connectivity index (χ3v) is 5.40. The molecule has 0 spiro atoms. The molecule has 3 aromatic rings. The van der Waals surface area contributed by atoms with Crippen molar-refractivity contribution in [1.82, 2.24) is 19.9 Å². The summed E-state index contributed by atoms with van der Waals surface area (Å²) in [5.74, 6) is 1.81. The van der Waals surface area contributed by atoms with Gasteiger partial charge in [-0.15, -0.1) is 0 Å². The first kappa shape index (κ1) is 16.4. The van der Waals surface area contributed by atoms with E-state index < -0.39 is 0 Å². The predicted molar refractivity (Wildman–Crippen MR) is 106 cm³/mol. The lowest BCUT2D eigenvalue weighted by atomic mass is 9.89. The van der Waals surface area contributed by atoms with Crippen LogP contribution in [0, 0.1) is 5.92 Å². The molecule has 0 unspecified atom stereocenters. The smallest absolute Gasteiger partial charge is 0.227 e. The second-order valence-electron chi connectivity index (χ2n) is 7.57. The van der Waals surface area contributed by atoms with Gasteiger partial charge in [-0.3, -0.25) is 9.88 Å². The van der Waals surface area contributed by atoms with Crippen LogP contribution in [0.3, 0.4) is 0 Å². The molecule has 27 heavy (non-hydrogen) atoms. The van der Waals surface area contributed by atoms with Crippen LogP contribution in [0.2, 0.25) is 0 Å². The van der Waals surface area contributed by atoms with Gasteiger partial charge in [-0.2, -0.15) is 0 Å². The van der Waals surface area contributed by atoms with E-state index >= 15 is 0 Å². The molecule has 2 aromatic heterocycles. The molecule has 1 aromatic carbocycles. The van der Waals surface area contributed by atoms with Crippen LogP contribution in [0.15, 0.2) is 61.1 Å². The van der Waals surface area contributed by atoms with Crippen LogP contribution >= 0.6 is 0 Å². The molecule has 5 rings (SSSR count). The fourth-order valence-electron chi connectivity index (χ4n) is 3.87. The molecule has 136 valence electrons. The monoisotopic (exact) mass is 357 g/mol. The molecule has 1 fully saturated rings. The lowest BCUT2D eigenvalue weighted by molar-refractivity contribution is 0.228. The Hall–Kier alpha value is -2.79. The Bertz CT molecular complexity index is 909. The maximum Gasteiger partial charge on any atom is 0.227 e. The molecule has 3 heterocycles. The Morgan fingerprint density at radius 3 is 2.70 bits per heavy atom. The first-order valence-corrected chi connectivity index (χ1v) is 9.65. The molecule has 0 bridgehead atoms. The average molecular weight is 357 g/mol. The second-order valence-corrected chi connectivity index (χ2v) is 7.57. The molecule has 0 radical (unpaired) electrons. The van der Waals surface area contributed by atoms with Crippen LogP contribution in [0.4, 0.5) is 11.6 Å². The number of anilines is 2. The van der Waals surface area contributed by atoms with Crippen molar-refractivity contribution < 1.29 is 0 Å². The minimum absolute atomic E-state index is 0.283. The second kappa shape index (κ2) is 7.08. The zero-order chi connectivity index (χ0) is 18.1. The van der Waals surface area contributed by atoms with Gasteiger partial charge in [0.2, 0.25) is 5.95 Å². The summed E-state index contributed by atoms with van der Waals surface area (Å²) in [4.78, 5) is 16.2. The van der Waals surface area contributed by atoms with E-state index in [1.54, 1.807) is 12.4 Å². The summed E-state index contributed by atoms with van der Waals surface area (Å²) in [7, 11) is 0. The first-order chi connectivity index (χ1) is 13.3. The van der Waals surface area contributed by atoms with Crippen molar-refractivity contribution in [2.45, 2.75) is 25.3 Å². The summed E-state index contributed by atoms with van der Waals surface area (Å²) in [6, 6.07) is 14.6. The number of fused-ring (bicyclic) bond motifs is 1. The quantitative estimate of drug-likeness (QED) is 0.749. The molecule has 2 aliphatic rings. The van der Waals surface area contributed by atoms with Gasteiger partial charge in [0.05, 0.1) is 17.6 Å². The predicted octanol–water partition coefficient (Wildman–Crippen LogP) is 3.97. The Kier molecular flexibility index (Phi) is 4.30. The van der Waals surface area contributed by atoms with Crippen molar-refractivity contribution in [3.63, 3.8) is 0 Å². The number of aromatic nitrogens is 3. The summed E-state index contributed by atoms with van der Waals surface area (Å²) in [5.41, 5.74) is 4.62. The third-order valence-electron chi connectivity index (χ3n) is 5.40. The summed E-state index contributed by atoms with van der Waals surface area (Å²) < 4.78 is 0. The number of hydrogen-bond acceptors (Lipinski definition) is 5. The molecule has 5 heteroatoms. The van der Waals surface area contributed by atoms with Gasteiger partial charge in [0.1, 0.15) is 0 Å². The van der Waals surface area contributed by atoms with Crippen molar-refractivity contribution >= 4 is 11.6 Å². The number of hydrogen-bond donors (Lipinski definition) is 1. The highest BCUT2D eigenvalue weighted by Crippen LogP contribution is 2.36. The molecule has 5 nitrogen and oxygen atoms in total.